The molecule has 1 N–H and O–H groups in total. The first-order valence-corrected chi connectivity index (χ1v) is 9.65. The lowest BCUT2D eigenvalue weighted by molar-refractivity contribution is 0.253. The number of fused-ring (bicyclic) bond motifs is 2. The van der Waals surface area contributed by atoms with Crippen molar-refractivity contribution in [2.75, 3.05) is 19.7 Å². The van der Waals surface area contributed by atoms with Gasteiger partial charge in [-0.3, -0.25) is 9.69 Å². The average Bonchev–Trinajstić information content (AvgIpc) is 3.26. The Morgan fingerprint density at radius 2 is 2.21 bits per heavy atom. The smallest absolute Gasteiger partial charge is 0.256 e. The summed E-state index contributed by atoms with van der Waals surface area (Å²) < 4.78 is 24.7. The van der Waals surface area contributed by atoms with Gasteiger partial charge in [-0.25, -0.2) is 9.37 Å². The number of hydrogen-bond donors (Lipinski definition) is 1. The second-order valence-corrected chi connectivity index (χ2v) is 7.50. The Kier molecular flexibility index (Phi) is 4.49. The number of rotatable bonds is 3. The summed E-state index contributed by atoms with van der Waals surface area (Å²) in [5, 5.41) is 0.511. The Balaban J connectivity index is 1.39. The van der Waals surface area contributed by atoms with E-state index in [2.05, 4.69) is 14.9 Å². The van der Waals surface area contributed by atoms with E-state index in [1.54, 1.807) is 24.5 Å². The molecule has 3 aromatic rings. The first-order valence-electron chi connectivity index (χ1n) is 9.27. The second-order valence-electron chi connectivity index (χ2n) is 7.12. The lowest BCUT2D eigenvalue weighted by atomic mass is 10.0. The minimum absolute atomic E-state index is 0.168. The Morgan fingerprint density at radius 3 is 3.03 bits per heavy atom. The first-order chi connectivity index (χ1) is 14.1. The SMILES string of the molecule is O=c1[nH]c(-c2ccco2)nc2c1CN(CC1=C(Cl)c3cc(F)ccc3OC1)CC2. The van der Waals surface area contributed by atoms with Gasteiger partial charge in [0.05, 0.1) is 22.6 Å². The van der Waals surface area contributed by atoms with Gasteiger partial charge in [0.1, 0.15) is 18.2 Å². The van der Waals surface area contributed by atoms with Crippen molar-refractivity contribution >= 4 is 16.6 Å². The molecule has 0 radical (unpaired) electrons. The predicted octanol–water partition coefficient (Wildman–Crippen LogP) is 3.57. The molecule has 0 spiro atoms. The normalized spacial score (nSPS) is 16.3. The molecule has 0 amide bonds. The molecule has 0 unspecified atom stereocenters. The van der Waals surface area contributed by atoms with Crippen molar-refractivity contribution in [2.45, 2.75) is 13.0 Å². The van der Waals surface area contributed by atoms with Crippen LogP contribution in [0.5, 0.6) is 5.75 Å². The maximum absolute atomic E-state index is 13.6. The molecular weight excluding hydrogens is 397 g/mol. The van der Waals surface area contributed by atoms with Crippen LogP contribution in [0.25, 0.3) is 16.6 Å². The second kappa shape index (κ2) is 7.17. The van der Waals surface area contributed by atoms with E-state index in [4.69, 9.17) is 20.8 Å². The summed E-state index contributed by atoms with van der Waals surface area (Å²) in [6.07, 6.45) is 2.19. The highest BCUT2D eigenvalue weighted by Gasteiger charge is 2.26. The molecule has 0 aliphatic carbocycles. The van der Waals surface area contributed by atoms with Gasteiger partial charge >= 0.3 is 0 Å². The van der Waals surface area contributed by atoms with Gasteiger partial charge < -0.3 is 14.1 Å². The van der Waals surface area contributed by atoms with Crippen LogP contribution in [0.3, 0.4) is 0 Å². The fraction of sp³-hybridized carbons (Fsp3) is 0.238. The number of aromatic amines is 1. The predicted molar refractivity (Wildman–Crippen MR) is 106 cm³/mol. The number of ether oxygens (including phenoxy) is 1. The highest BCUT2D eigenvalue weighted by atomic mass is 35.5. The monoisotopic (exact) mass is 413 g/mol. The summed E-state index contributed by atoms with van der Waals surface area (Å²) in [5.41, 5.74) is 2.69. The number of furan rings is 1. The van der Waals surface area contributed by atoms with Crippen molar-refractivity contribution in [3.63, 3.8) is 0 Å². The standard InChI is InChI=1S/C21H17ClFN3O3/c22-19-12(11-29-17-4-3-13(23)8-14(17)19)9-26-6-5-16-15(10-26)21(27)25-20(24-16)18-2-1-7-28-18/h1-4,7-8H,5-6,9-11H2,(H,24,25,27). The number of aromatic nitrogens is 2. The molecule has 8 heteroatoms. The van der Waals surface area contributed by atoms with Crippen molar-refractivity contribution in [1.29, 1.82) is 0 Å². The highest BCUT2D eigenvalue weighted by molar-refractivity contribution is 6.49. The zero-order chi connectivity index (χ0) is 20.0. The lowest BCUT2D eigenvalue weighted by Crippen LogP contribution is -2.37. The Hall–Kier alpha value is -2.90. The highest BCUT2D eigenvalue weighted by Crippen LogP contribution is 2.36. The van der Waals surface area contributed by atoms with Crippen molar-refractivity contribution < 1.29 is 13.5 Å². The molecule has 5 rings (SSSR count). The number of halogens is 2. The van der Waals surface area contributed by atoms with Gasteiger partial charge in [-0.05, 0) is 30.3 Å². The lowest BCUT2D eigenvalue weighted by Gasteiger charge is -2.30. The van der Waals surface area contributed by atoms with Crippen LogP contribution in [0.1, 0.15) is 16.8 Å². The molecule has 29 heavy (non-hydrogen) atoms. The van der Waals surface area contributed by atoms with Crippen LogP contribution in [-0.2, 0) is 13.0 Å². The molecular formula is C21H17ClFN3O3. The molecule has 4 heterocycles. The molecule has 2 aliphatic heterocycles. The number of benzene rings is 1. The molecule has 148 valence electrons. The summed E-state index contributed by atoms with van der Waals surface area (Å²) in [6, 6.07) is 7.84. The minimum atomic E-state index is -0.358. The van der Waals surface area contributed by atoms with E-state index in [9.17, 15) is 9.18 Å². The van der Waals surface area contributed by atoms with E-state index in [1.165, 1.54) is 12.1 Å². The van der Waals surface area contributed by atoms with Gasteiger partial charge in [-0.2, -0.15) is 0 Å². The van der Waals surface area contributed by atoms with Gasteiger partial charge in [-0.15, -0.1) is 0 Å². The van der Waals surface area contributed by atoms with Crippen LogP contribution < -0.4 is 10.3 Å². The number of H-pyrrole nitrogens is 1. The summed E-state index contributed by atoms with van der Waals surface area (Å²) in [5.74, 6) is 1.20. The number of nitrogens with one attached hydrogen (secondary N) is 1. The van der Waals surface area contributed by atoms with Crippen LogP contribution in [0.2, 0.25) is 0 Å². The first kappa shape index (κ1) is 18.1. The molecule has 0 fully saturated rings. The van der Waals surface area contributed by atoms with E-state index in [-0.39, 0.29) is 11.4 Å². The van der Waals surface area contributed by atoms with Crippen molar-refractivity contribution in [2.24, 2.45) is 0 Å². The van der Waals surface area contributed by atoms with E-state index in [0.717, 1.165) is 17.8 Å². The molecule has 0 saturated heterocycles. The fourth-order valence-corrected chi connectivity index (χ4v) is 4.01. The van der Waals surface area contributed by atoms with Crippen molar-refractivity contribution in [3.8, 4) is 17.3 Å². The van der Waals surface area contributed by atoms with E-state index in [0.29, 0.717) is 59.6 Å². The third-order valence-electron chi connectivity index (χ3n) is 5.21. The Bertz CT molecular complexity index is 1170. The van der Waals surface area contributed by atoms with E-state index >= 15 is 0 Å². The quantitative estimate of drug-likeness (QED) is 0.710. The van der Waals surface area contributed by atoms with Crippen LogP contribution in [0, 0.1) is 5.82 Å². The molecule has 2 aromatic heterocycles. The van der Waals surface area contributed by atoms with Gasteiger partial charge in [0.15, 0.2) is 11.6 Å². The van der Waals surface area contributed by atoms with Crippen LogP contribution in [0.15, 0.2) is 51.4 Å². The molecule has 6 nitrogen and oxygen atoms in total. The molecule has 0 atom stereocenters. The average molecular weight is 414 g/mol. The topological polar surface area (TPSA) is 71.4 Å². The summed E-state index contributed by atoms with van der Waals surface area (Å²) >= 11 is 6.53. The zero-order valence-corrected chi connectivity index (χ0v) is 16.1. The summed E-state index contributed by atoms with van der Waals surface area (Å²) in [6.45, 7) is 2.06. The third-order valence-corrected chi connectivity index (χ3v) is 5.68. The summed E-state index contributed by atoms with van der Waals surface area (Å²) in [4.78, 5) is 22.1. The largest absolute Gasteiger partial charge is 0.488 e. The minimum Gasteiger partial charge on any atom is -0.488 e. The number of nitrogens with zero attached hydrogens (tertiary/aromatic N) is 2. The summed E-state index contributed by atoms with van der Waals surface area (Å²) in [7, 11) is 0. The Labute approximate surface area is 170 Å². The number of hydrogen-bond acceptors (Lipinski definition) is 5. The molecule has 1 aromatic carbocycles. The van der Waals surface area contributed by atoms with Gasteiger partial charge in [0.25, 0.3) is 5.56 Å². The maximum Gasteiger partial charge on any atom is 0.256 e. The van der Waals surface area contributed by atoms with Crippen molar-refractivity contribution in [3.05, 3.63) is 75.2 Å². The van der Waals surface area contributed by atoms with Crippen LogP contribution in [-0.4, -0.2) is 34.6 Å². The third kappa shape index (κ3) is 3.36. The van der Waals surface area contributed by atoms with E-state index < -0.39 is 0 Å². The van der Waals surface area contributed by atoms with Crippen LogP contribution >= 0.6 is 11.6 Å². The molecule has 0 saturated carbocycles. The maximum atomic E-state index is 13.6. The zero-order valence-electron chi connectivity index (χ0n) is 15.4. The van der Waals surface area contributed by atoms with Gasteiger partial charge in [0, 0.05) is 37.2 Å². The molecule has 2 aliphatic rings. The van der Waals surface area contributed by atoms with Crippen molar-refractivity contribution in [1.82, 2.24) is 14.9 Å². The molecule has 0 bridgehead atoms. The Morgan fingerprint density at radius 1 is 1.31 bits per heavy atom. The van der Waals surface area contributed by atoms with Gasteiger partial charge in [-0.1, -0.05) is 11.6 Å². The van der Waals surface area contributed by atoms with Gasteiger partial charge in [0.2, 0.25) is 0 Å². The van der Waals surface area contributed by atoms with Crippen LogP contribution in [0.4, 0.5) is 4.39 Å². The fourth-order valence-electron chi connectivity index (χ4n) is 3.75. The van der Waals surface area contributed by atoms with E-state index in [1.807, 2.05) is 0 Å².